The molecular formula is C31H41NO5. The quantitative estimate of drug-likeness (QED) is 0.224. The molecule has 1 aliphatic heterocycles. The fourth-order valence-corrected chi connectivity index (χ4v) is 4.84. The van der Waals surface area contributed by atoms with Crippen LogP contribution in [-0.4, -0.2) is 56.1 Å². The normalized spacial score (nSPS) is 15.1. The van der Waals surface area contributed by atoms with Crippen LogP contribution >= 0.6 is 0 Å². The lowest BCUT2D eigenvalue weighted by atomic mass is 9.72. The first-order valence-electron chi connectivity index (χ1n) is 13.0. The number of morpholine rings is 1. The minimum absolute atomic E-state index is 0.0618. The third-order valence-electron chi connectivity index (χ3n) is 6.35. The number of esters is 1. The summed E-state index contributed by atoms with van der Waals surface area (Å²) in [5.41, 5.74) is 2.76. The molecule has 200 valence electrons. The monoisotopic (exact) mass is 507 g/mol. The number of carbonyl (C=O) groups excluding carboxylic acids is 2. The molecule has 6 heteroatoms. The minimum Gasteiger partial charge on any atom is -0.465 e. The average Bonchev–Trinajstić information content (AvgIpc) is 2.84. The van der Waals surface area contributed by atoms with Crippen molar-refractivity contribution in [2.75, 3.05) is 39.5 Å². The molecule has 0 atom stereocenters. The lowest BCUT2D eigenvalue weighted by Crippen LogP contribution is -2.38. The van der Waals surface area contributed by atoms with Gasteiger partial charge >= 0.3 is 5.97 Å². The first-order valence-corrected chi connectivity index (χ1v) is 13.0. The number of nitrogens with zero attached hydrogens (tertiary/aromatic N) is 1. The third-order valence-corrected chi connectivity index (χ3v) is 6.35. The van der Waals surface area contributed by atoms with E-state index in [0.29, 0.717) is 37.7 Å². The topological polar surface area (TPSA) is 65.1 Å². The second kappa shape index (κ2) is 13.0. The summed E-state index contributed by atoms with van der Waals surface area (Å²) >= 11 is 0. The first kappa shape index (κ1) is 28.6. The number of hydrogen-bond acceptors (Lipinski definition) is 6. The Hall–Kier alpha value is -2.96. The van der Waals surface area contributed by atoms with Gasteiger partial charge in [-0.25, -0.2) is 4.79 Å². The van der Waals surface area contributed by atoms with Crippen LogP contribution in [0.5, 0.6) is 5.75 Å². The van der Waals surface area contributed by atoms with Gasteiger partial charge in [0, 0.05) is 32.1 Å². The first-order chi connectivity index (χ1) is 17.5. The second-order valence-electron chi connectivity index (χ2n) is 11.5. The van der Waals surface area contributed by atoms with Crippen LogP contribution in [0, 0.1) is 5.41 Å². The molecule has 0 amide bonds. The van der Waals surface area contributed by atoms with Crippen LogP contribution < -0.4 is 4.74 Å². The van der Waals surface area contributed by atoms with Gasteiger partial charge in [-0.3, -0.25) is 9.69 Å². The van der Waals surface area contributed by atoms with Crippen molar-refractivity contribution in [3.63, 3.8) is 0 Å². The maximum absolute atomic E-state index is 12.5. The zero-order valence-corrected chi connectivity index (χ0v) is 22.9. The summed E-state index contributed by atoms with van der Waals surface area (Å²) in [6.45, 7) is 15.4. The van der Waals surface area contributed by atoms with Crippen molar-refractivity contribution in [2.45, 2.75) is 52.9 Å². The van der Waals surface area contributed by atoms with E-state index in [1.807, 2.05) is 18.2 Å². The summed E-state index contributed by atoms with van der Waals surface area (Å²) in [5.74, 6) is 0.192. The highest BCUT2D eigenvalue weighted by molar-refractivity contribution is 5.93. The molecule has 0 unspecified atom stereocenters. The molecule has 0 bridgehead atoms. The summed E-state index contributed by atoms with van der Waals surface area (Å²) < 4.78 is 16.4. The fraction of sp³-hybridized carbons (Fsp3) is 0.484. The summed E-state index contributed by atoms with van der Waals surface area (Å²) in [6, 6.07) is 15.0. The van der Waals surface area contributed by atoms with Crippen molar-refractivity contribution in [2.24, 2.45) is 5.41 Å². The zero-order chi connectivity index (χ0) is 26.9. The van der Waals surface area contributed by atoms with E-state index in [4.69, 9.17) is 14.2 Å². The number of ether oxygens (including phenoxy) is 3. The molecule has 1 heterocycles. The van der Waals surface area contributed by atoms with Crippen molar-refractivity contribution < 1.29 is 23.8 Å². The molecule has 6 nitrogen and oxygen atoms in total. The van der Waals surface area contributed by atoms with E-state index in [9.17, 15) is 9.59 Å². The molecule has 37 heavy (non-hydrogen) atoms. The highest BCUT2D eigenvalue weighted by Gasteiger charge is 2.27. The predicted octanol–water partition coefficient (Wildman–Crippen LogP) is 5.59. The largest absolute Gasteiger partial charge is 0.465 e. The smallest absolute Gasteiger partial charge is 0.338 e. The SMILES string of the molecule is CC(C)(C)CC(C)(C)c1ccc(O/C=C/C(=O)Cc2cccc(C(=O)OCCN3CCOCC3)c2)cc1. The van der Waals surface area contributed by atoms with Crippen molar-refractivity contribution in [3.8, 4) is 5.75 Å². The van der Waals surface area contributed by atoms with Crippen molar-refractivity contribution in [1.29, 1.82) is 0 Å². The van der Waals surface area contributed by atoms with E-state index in [1.165, 1.54) is 17.9 Å². The van der Waals surface area contributed by atoms with E-state index >= 15 is 0 Å². The molecule has 0 aliphatic carbocycles. The van der Waals surface area contributed by atoms with Crippen LogP contribution in [0.1, 0.15) is 62.5 Å². The molecule has 1 aliphatic rings. The van der Waals surface area contributed by atoms with Gasteiger partial charge in [-0.2, -0.15) is 0 Å². The molecule has 3 rings (SSSR count). The molecular weight excluding hydrogens is 466 g/mol. The number of allylic oxidation sites excluding steroid dienone is 1. The number of ketones is 1. The van der Waals surface area contributed by atoms with Gasteiger partial charge < -0.3 is 14.2 Å². The molecule has 0 radical (unpaired) electrons. The Labute approximate surface area is 221 Å². The summed E-state index contributed by atoms with van der Waals surface area (Å²) in [7, 11) is 0. The van der Waals surface area contributed by atoms with E-state index in [2.05, 4.69) is 51.7 Å². The van der Waals surface area contributed by atoms with Crippen molar-refractivity contribution in [3.05, 3.63) is 77.6 Å². The maximum atomic E-state index is 12.5. The van der Waals surface area contributed by atoms with Gasteiger partial charge in [-0.1, -0.05) is 58.9 Å². The Kier molecular flexibility index (Phi) is 10.1. The fourth-order valence-electron chi connectivity index (χ4n) is 4.84. The average molecular weight is 508 g/mol. The van der Waals surface area contributed by atoms with Crippen LogP contribution in [0.25, 0.3) is 0 Å². The number of benzene rings is 2. The van der Waals surface area contributed by atoms with E-state index in [-0.39, 0.29) is 29.0 Å². The van der Waals surface area contributed by atoms with Crippen LogP contribution in [0.15, 0.2) is 60.9 Å². The zero-order valence-electron chi connectivity index (χ0n) is 22.9. The number of carbonyl (C=O) groups is 2. The standard InChI is InChI=1S/C31H41NO5/c1-30(2,3)23-31(4,5)26-9-11-28(12-10-26)36-17-13-27(33)22-24-7-6-8-25(21-24)29(34)37-20-16-32-14-18-35-19-15-32/h6-13,17,21H,14-16,18-20,22-23H2,1-5H3/b17-13+. The highest BCUT2D eigenvalue weighted by atomic mass is 16.5. The second-order valence-corrected chi connectivity index (χ2v) is 11.5. The molecule has 1 fully saturated rings. The van der Waals surface area contributed by atoms with Crippen LogP contribution in [0.4, 0.5) is 0 Å². The maximum Gasteiger partial charge on any atom is 0.338 e. The lowest BCUT2D eigenvalue weighted by Gasteiger charge is -2.33. The van der Waals surface area contributed by atoms with Gasteiger partial charge in [0.25, 0.3) is 0 Å². The van der Waals surface area contributed by atoms with Gasteiger partial charge in [0.2, 0.25) is 0 Å². The van der Waals surface area contributed by atoms with Crippen LogP contribution in [-0.2, 0) is 26.1 Å². The highest BCUT2D eigenvalue weighted by Crippen LogP contribution is 2.36. The third kappa shape index (κ3) is 9.78. The van der Waals surface area contributed by atoms with E-state index in [0.717, 1.165) is 25.1 Å². The Bertz CT molecular complexity index is 1060. The lowest BCUT2D eigenvalue weighted by molar-refractivity contribution is -0.114. The minimum atomic E-state index is -0.379. The Balaban J connectivity index is 1.46. The number of hydrogen-bond donors (Lipinski definition) is 0. The van der Waals surface area contributed by atoms with Crippen LogP contribution in [0.3, 0.4) is 0 Å². The van der Waals surface area contributed by atoms with Gasteiger partial charge in [-0.15, -0.1) is 0 Å². The summed E-state index contributed by atoms with van der Waals surface area (Å²) in [5, 5.41) is 0. The Morgan fingerprint density at radius 1 is 1.00 bits per heavy atom. The molecule has 1 saturated heterocycles. The summed E-state index contributed by atoms with van der Waals surface area (Å²) in [4.78, 5) is 27.1. The number of rotatable bonds is 11. The van der Waals surface area contributed by atoms with Crippen molar-refractivity contribution in [1.82, 2.24) is 4.90 Å². The summed E-state index contributed by atoms with van der Waals surface area (Å²) in [6.07, 6.45) is 4.09. The Morgan fingerprint density at radius 3 is 2.38 bits per heavy atom. The molecule has 0 spiro atoms. The van der Waals surface area contributed by atoms with Gasteiger partial charge in [0.15, 0.2) is 5.78 Å². The molecule has 0 N–H and O–H groups in total. The Morgan fingerprint density at radius 2 is 1.70 bits per heavy atom. The molecule has 2 aromatic rings. The van der Waals surface area contributed by atoms with Gasteiger partial charge in [0.05, 0.1) is 25.0 Å². The van der Waals surface area contributed by atoms with Gasteiger partial charge in [0.1, 0.15) is 12.4 Å². The van der Waals surface area contributed by atoms with Gasteiger partial charge in [-0.05, 0) is 52.6 Å². The van der Waals surface area contributed by atoms with Crippen molar-refractivity contribution >= 4 is 11.8 Å². The van der Waals surface area contributed by atoms with E-state index in [1.54, 1.807) is 18.2 Å². The molecule has 0 saturated carbocycles. The van der Waals surface area contributed by atoms with Crippen LogP contribution in [0.2, 0.25) is 0 Å². The molecule has 2 aromatic carbocycles. The predicted molar refractivity (Wildman–Crippen MR) is 146 cm³/mol. The van der Waals surface area contributed by atoms with E-state index < -0.39 is 0 Å². The molecule has 0 aromatic heterocycles.